The SMILES string of the molecule is CCCC1(C(=O)NC[C@@H](C)NCC)CC1. The van der Waals surface area contributed by atoms with E-state index in [1.165, 1.54) is 0 Å². The van der Waals surface area contributed by atoms with Crippen LogP contribution in [0.4, 0.5) is 0 Å². The van der Waals surface area contributed by atoms with Gasteiger partial charge in [0.25, 0.3) is 0 Å². The van der Waals surface area contributed by atoms with Crippen LogP contribution in [0, 0.1) is 5.41 Å². The van der Waals surface area contributed by atoms with E-state index >= 15 is 0 Å². The summed E-state index contributed by atoms with van der Waals surface area (Å²) >= 11 is 0. The minimum absolute atomic E-state index is 0.0146. The summed E-state index contributed by atoms with van der Waals surface area (Å²) < 4.78 is 0. The van der Waals surface area contributed by atoms with Crippen LogP contribution in [0.15, 0.2) is 0 Å². The van der Waals surface area contributed by atoms with Gasteiger partial charge in [-0.25, -0.2) is 0 Å². The zero-order chi connectivity index (χ0) is 11.3. The Bertz CT molecular complexity index is 212. The molecule has 0 aromatic carbocycles. The first kappa shape index (κ1) is 12.5. The van der Waals surface area contributed by atoms with Crippen LogP contribution in [-0.2, 0) is 4.79 Å². The van der Waals surface area contributed by atoms with Crippen LogP contribution in [0.1, 0.15) is 46.5 Å². The first-order chi connectivity index (χ1) is 7.14. The zero-order valence-electron chi connectivity index (χ0n) is 10.2. The fourth-order valence-corrected chi connectivity index (χ4v) is 2.07. The molecule has 1 saturated carbocycles. The molecule has 0 bridgehead atoms. The number of nitrogens with one attached hydrogen (secondary N) is 2. The summed E-state index contributed by atoms with van der Waals surface area (Å²) in [4.78, 5) is 11.9. The van der Waals surface area contributed by atoms with Crippen LogP contribution < -0.4 is 10.6 Å². The number of carbonyl (C=O) groups is 1. The lowest BCUT2D eigenvalue weighted by molar-refractivity contribution is -0.126. The Morgan fingerprint density at radius 2 is 2.07 bits per heavy atom. The molecule has 0 aromatic rings. The van der Waals surface area contributed by atoms with E-state index in [9.17, 15) is 4.79 Å². The topological polar surface area (TPSA) is 41.1 Å². The van der Waals surface area contributed by atoms with Gasteiger partial charge in [0, 0.05) is 18.0 Å². The third-order valence-corrected chi connectivity index (χ3v) is 3.19. The lowest BCUT2D eigenvalue weighted by Gasteiger charge is -2.17. The van der Waals surface area contributed by atoms with Gasteiger partial charge in [0.1, 0.15) is 0 Å². The van der Waals surface area contributed by atoms with Crippen molar-refractivity contribution in [3.8, 4) is 0 Å². The van der Waals surface area contributed by atoms with Gasteiger partial charge in [0.05, 0.1) is 0 Å². The molecular weight excluding hydrogens is 188 g/mol. The molecule has 0 aromatic heterocycles. The Morgan fingerprint density at radius 1 is 1.40 bits per heavy atom. The Balaban J connectivity index is 2.24. The van der Waals surface area contributed by atoms with Crippen molar-refractivity contribution >= 4 is 5.91 Å². The molecule has 1 aliphatic carbocycles. The molecule has 1 amide bonds. The van der Waals surface area contributed by atoms with E-state index < -0.39 is 0 Å². The number of rotatable bonds is 7. The Kier molecular flexibility index (Phi) is 4.58. The van der Waals surface area contributed by atoms with Crippen LogP contribution in [0.25, 0.3) is 0 Å². The number of likely N-dealkylation sites (N-methyl/N-ethyl adjacent to an activating group) is 1. The molecule has 0 spiro atoms. The van der Waals surface area contributed by atoms with Gasteiger partial charge in [-0.05, 0) is 32.7 Å². The predicted octanol–water partition coefficient (Wildman–Crippen LogP) is 1.68. The van der Waals surface area contributed by atoms with Gasteiger partial charge >= 0.3 is 0 Å². The fourth-order valence-electron chi connectivity index (χ4n) is 2.07. The summed E-state index contributed by atoms with van der Waals surface area (Å²) in [6.07, 6.45) is 4.33. The molecule has 2 N–H and O–H groups in total. The monoisotopic (exact) mass is 212 g/mol. The van der Waals surface area contributed by atoms with Gasteiger partial charge in [-0.1, -0.05) is 20.3 Å². The normalized spacial score (nSPS) is 19.7. The molecule has 1 rings (SSSR count). The molecular formula is C12H24N2O. The van der Waals surface area contributed by atoms with E-state index in [1.54, 1.807) is 0 Å². The van der Waals surface area contributed by atoms with Crippen molar-refractivity contribution in [3.63, 3.8) is 0 Å². The van der Waals surface area contributed by atoms with Gasteiger partial charge in [-0.3, -0.25) is 4.79 Å². The van der Waals surface area contributed by atoms with Crippen molar-refractivity contribution in [1.29, 1.82) is 0 Å². The van der Waals surface area contributed by atoms with E-state index in [1.807, 2.05) is 0 Å². The largest absolute Gasteiger partial charge is 0.354 e. The molecule has 88 valence electrons. The Morgan fingerprint density at radius 3 is 2.53 bits per heavy atom. The second-order valence-electron chi connectivity index (χ2n) is 4.70. The highest BCUT2D eigenvalue weighted by atomic mass is 16.2. The van der Waals surface area contributed by atoms with E-state index in [0.717, 1.165) is 38.8 Å². The highest BCUT2D eigenvalue weighted by Crippen LogP contribution is 2.49. The van der Waals surface area contributed by atoms with E-state index in [4.69, 9.17) is 0 Å². The van der Waals surface area contributed by atoms with Gasteiger partial charge in [-0.15, -0.1) is 0 Å². The minimum atomic E-state index is 0.0146. The highest BCUT2D eigenvalue weighted by molar-refractivity contribution is 5.85. The summed E-state index contributed by atoms with van der Waals surface area (Å²) in [5.74, 6) is 0.272. The van der Waals surface area contributed by atoms with Crippen LogP contribution in [-0.4, -0.2) is 25.0 Å². The first-order valence-corrected chi connectivity index (χ1v) is 6.16. The first-order valence-electron chi connectivity index (χ1n) is 6.16. The lowest BCUT2D eigenvalue weighted by atomic mass is 10.00. The number of carbonyl (C=O) groups excluding carboxylic acids is 1. The van der Waals surface area contributed by atoms with E-state index in [0.29, 0.717) is 6.04 Å². The molecule has 15 heavy (non-hydrogen) atoms. The van der Waals surface area contributed by atoms with Crippen LogP contribution >= 0.6 is 0 Å². The van der Waals surface area contributed by atoms with Crippen molar-refractivity contribution in [3.05, 3.63) is 0 Å². The van der Waals surface area contributed by atoms with Crippen LogP contribution in [0.3, 0.4) is 0 Å². The van der Waals surface area contributed by atoms with Gasteiger partial charge in [0.15, 0.2) is 0 Å². The Labute approximate surface area is 93.0 Å². The highest BCUT2D eigenvalue weighted by Gasteiger charge is 2.48. The predicted molar refractivity (Wildman–Crippen MR) is 62.7 cm³/mol. The molecule has 0 saturated heterocycles. The van der Waals surface area contributed by atoms with Gasteiger partial charge < -0.3 is 10.6 Å². The summed E-state index contributed by atoms with van der Waals surface area (Å²) in [5, 5.41) is 6.34. The summed E-state index contributed by atoms with van der Waals surface area (Å²) in [6.45, 7) is 8.03. The van der Waals surface area contributed by atoms with E-state index in [2.05, 4.69) is 31.4 Å². The van der Waals surface area contributed by atoms with Crippen molar-refractivity contribution in [2.45, 2.75) is 52.5 Å². The number of hydrogen-bond donors (Lipinski definition) is 2. The molecule has 1 atom stereocenters. The second-order valence-corrected chi connectivity index (χ2v) is 4.70. The lowest BCUT2D eigenvalue weighted by Crippen LogP contribution is -2.41. The zero-order valence-corrected chi connectivity index (χ0v) is 10.2. The molecule has 0 radical (unpaired) electrons. The maximum Gasteiger partial charge on any atom is 0.226 e. The molecule has 0 heterocycles. The third kappa shape index (κ3) is 3.49. The molecule has 0 unspecified atom stereocenters. The van der Waals surface area contributed by atoms with Crippen molar-refractivity contribution < 1.29 is 4.79 Å². The van der Waals surface area contributed by atoms with Crippen molar-refractivity contribution in [2.75, 3.05) is 13.1 Å². The summed E-state index contributed by atoms with van der Waals surface area (Å²) in [7, 11) is 0. The average molecular weight is 212 g/mol. The quantitative estimate of drug-likeness (QED) is 0.674. The summed E-state index contributed by atoms with van der Waals surface area (Å²) in [5.41, 5.74) is 0.0146. The van der Waals surface area contributed by atoms with Gasteiger partial charge in [0.2, 0.25) is 5.91 Å². The standard InChI is InChI=1S/C12H24N2O/c1-4-6-12(7-8-12)11(15)14-9-10(3)13-5-2/h10,13H,4-9H2,1-3H3,(H,14,15)/t10-/m1/s1. The minimum Gasteiger partial charge on any atom is -0.354 e. The van der Waals surface area contributed by atoms with Crippen molar-refractivity contribution in [1.82, 2.24) is 10.6 Å². The molecule has 1 aliphatic rings. The van der Waals surface area contributed by atoms with Crippen LogP contribution in [0.5, 0.6) is 0 Å². The third-order valence-electron chi connectivity index (χ3n) is 3.19. The van der Waals surface area contributed by atoms with Crippen LogP contribution in [0.2, 0.25) is 0 Å². The molecule has 3 nitrogen and oxygen atoms in total. The van der Waals surface area contributed by atoms with E-state index in [-0.39, 0.29) is 11.3 Å². The van der Waals surface area contributed by atoms with Gasteiger partial charge in [-0.2, -0.15) is 0 Å². The smallest absolute Gasteiger partial charge is 0.226 e. The molecule has 0 aliphatic heterocycles. The number of amides is 1. The maximum absolute atomic E-state index is 11.9. The average Bonchev–Trinajstić information content (AvgIpc) is 2.96. The fraction of sp³-hybridized carbons (Fsp3) is 0.917. The second kappa shape index (κ2) is 5.50. The molecule has 3 heteroatoms. The Hall–Kier alpha value is -0.570. The maximum atomic E-state index is 11.9. The van der Waals surface area contributed by atoms with Crippen molar-refractivity contribution in [2.24, 2.45) is 5.41 Å². The number of hydrogen-bond acceptors (Lipinski definition) is 2. The summed E-state index contributed by atoms with van der Waals surface area (Å²) in [6, 6.07) is 0.372. The molecule has 1 fully saturated rings.